The van der Waals surface area contributed by atoms with Crippen molar-refractivity contribution in [1.29, 1.82) is 0 Å². The molecular formula is C18H22N2O2S. The van der Waals surface area contributed by atoms with Gasteiger partial charge in [-0.2, -0.15) is 0 Å². The molecule has 0 radical (unpaired) electrons. The Balaban J connectivity index is 1.98. The molecule has 1 heterocycles. The molecule has 5 heteroatoms. The van der Waals surface area contributed by atoms with Crippen molar-refractivity contribution in [3.8, 4) is 0 Å². The molecule has 2 amide bonds. The van der Waals surface area contributed by atoms with Crippen molar-refractivity contribution < 1.29 is 9.59 Å². The number of aryl methyl sites for hydroxylation is 5. The smallest absolute Gasteiger partial charge is 0.252 e. The Hall–Kier alpha value is -2.14. The van der Waals surface area contributed by atoms with Gasteiger partial charge in [-0.1, -0.05) is 17.7 Å². The lowest BCUT2D eigenvalue weighted by atomic mass is 10.1. The number of benzene rings is 1. The maximum atomic E-state index is 12.1. The Morgan fingerprint density at radius 1 is 1.00 bits per heavy atom. The van der Waals surface area contributed by atoms with E-state index in [0.717, 1.165) is 32.1 Å². The van der Waals surface area contributed by atoms with Crippen LogP contribution in [0.3, 0.4) is 0 Å². The molecule has 0 aliphatic rings. The average Bonchev–Trinajstić information content (AvgIpc) is 2.79. The van der Waals surface area contributed by atoms with Crippen molar-refractivity contribution >= 4 is 28.8 Å². The number of hydrogen-bond acceptors (Lipinski definition) is 3. The van der Waals surface area contributed by atoms with E-state index in [1.807, 2.05) is 52.8 Å². The third-order valence-electron chi connectivity index (χ3n) is 3.64. The number of carbonyl (C=O) groups excluding carboxylic acids is 2. The largest absolute Gasteiger partial charge is 0.343 e. The van der Waals surface area contributed by atoms with Gasteiger partial charge in [-0.05, 0) is 51.8 Å². The lowest BCUT2D eigenvalue weighted by molar-refractivity contribution is -0.115. The van der Waals surface area contributed by atoms with Crippen molar-refractivity contribution in [2.24, 2.45) is 0 Å². The molecule has 1 aromatic carbocycles. The van der Waals surface area contributed by atoms with Crippen molar-refractivity contribution in [1.82, 2.24) is 5.32 Å². The number of hydrogen-bond donors (Lipinski definition) is 2. The van der Waals surface area contributed by atoms with E-state index < -0.39 is 0 Å². The summed E-state index contributed by atoms with van der Waals surface area (Å²) in [6.07, 6.45) is 0. The van der Waals surface area contributed by atoms with Gasteiger partial charge in [-0.15, -0.1) is 11.3 Å². The van der Waals surface area contributed by atoms with Crippen LogP contribution in [0.2, 0.25) is 0 Å². The standard InChI is InChI=1S/C18H22N2O2S/c1-10-6-11(2)17(12(3)7-10)20-16(21)9-19-18(22)15-8-13(4)23-14(15)5/h6-8H,9H2,1-5H3,(H,19,22)(H,20,21). The zero-order chi connectivity index (χ0) is 17.1. The predicted octanol–water partition coefficient (Wildman–Crippen LogP) is 3.66. The number of carbonyl (C=O) groups is 2. The molecule has 0 saturated heterocycles. The number of amides is 2. The molecule has 2 aromatic rings. The van der Waals surface area contributed by atoms with Gasteiger partial charge in [0.25, 0.3) is 5.91 Å². The molecule has 2 rings (SSSR count). The molecule has 0 bridgehead atoms. The number of rotatable bonds is 4. The summed E-state index contributed by atoms with van der Waals surface area (Å²) >= 11 is 1.58. The molecule has 4 nitrogen and oxygen atoms in total. The molecule has 2 N–H and O–H groups in total. The zero-order valence-electron chi connectivity index (χ0n) is 14.2. The summed E-state index contributed by atoms with van der Waals surface area (Å²) < 4.78 is 0. The van der Waals surface area contributed by atoms with Crippen LogP contribution in [0.4, 0.5) is 5.69 Å². The lowest BCUT2D eigenvalue weighted by Gasteiger charge is -2.13. The van der Waals surface area contributed by atoms with Crippen LogP contribution >= 0.6 is 11.3 Å². The summed E-state index contributed by atoms with van der Waals surface area (Å²) in [7, 11) is 0. The fourth-order valence-electron chi connectivity index (χ4n) is 2.67. The normalized spacial score (nSPS) is 10.5. The lowest BCUT2D eigenvalue weighted by Crippen LogP contribution is -2.33. The van der Waals surface area contributed by atoms with Crippen LogP contribution < -0.4 is 10.6 Å². The first-order chi connectivity index (χ1) is 10.8. The first kappa shape index (κ1) is 17.2. The van der Waals surface area contributed by atoms with Gasteiger partial charge in [0.05, 0.1) is 12.1 Å². The second-order valence-corrected chi connectivity index (χ2v) is 7.29. The third kappa shape index (κ3) is 4.20. The second kappa shape index (κ2) is 6.96. The number of anilines is 1. The topological polar surface area (TPSA) is 58.2 Å². The van der Waals surface area contributed by atoms with E-state index >= 15 is 0 Å². The van der Waals surface area contributed by atoms with Crippen LogP contribution in [0.5, 0.6) is 0 Å². The Labute approximate surface area is 140 Å². The van der Waals surface area contributed by atoms with Crippen molar-refractivity contribution in [2.45, 2.75) is 34.6 Å². The average molecular weight is 330 g/mol. The van der Waals surface area contributed by atoms with E-state index in [9.17, 15) is 9.59 Å². The number of thiophene rings is 1. The minimum atomic E-state index is -0.224. The molecule has 1 aromatic heterocycles. The molecule has 0 saturated carbocycles. The van der Waals surface area contributed by atoms with E-state index in [-0.39, 0.29) is 18.4 Å². The molecule has 0 spiro atoms. The monoisotopic (exact) mass is 330 g/mol. The minimum absolute atomic E-state index is 0.0417. The molecule has 0 unspecified atom stereocenters. The van der Waals surface area contributed by atoms with Crippen molar-refractivity contribution in [3.05, 3.63) is 50.2 Å². The maximum absolute atomic E-state index is 12.1. The molecule has 0 aliphatic heterocycles. The van der Waals surface area contributed by atoms with Crippen LogP contribution in [-0.4, -0.2) is 18.4 Å². The third-order valence-corrected chi connectivity index (χ3v) is 4.60. The molecular weight excluding hydrogens is 308 g/mol. The quantitative estimate of drug-likeness (QED) is 0.899. The number of nitrogens with one attached hydrogen (secondary N) is 2. The van der Waals surface area contributed by atoms with Gasteiger partial charge in [0, 0.05) is 15.4 Å². The molecule has 23 heavy (non-hydrogen) atoms. The summed E-state index contributed by atoms with van der Waals surface area (Å²) in [5, 5.41) is 5.56. The van der Waals surface area contributed by atoms with Crippen LogP contribution in [0.1, 0.15) is 36.8 Å². The minimum Gasteiger partial charge on any atom is -0.343 e. The summed E-state index contributed by atoms with van der Waals surface area (Å²) in [5.41, 5.74) is 4.66. The predicted molar refractivity (Wildman–Crippen MR) is 95.4 cm³/mol. The van der Waals surface area contributed by atoms with Crippen molar-refractivity contribution in [3.63, 3.8) is 0 Å². The summed E-state index contributed by atoms with van der Waals surface area (Å²) in [4.78, 5) is 26.3. The molecule has 0 atom stereocenters. The van der Waals surface area contributed by atoms with Gasteiger partial charge < -0.3 is 10.6 Å². The van der Waals surface area contributed by atoms with E-state index in [2.05, 4.69) is 10.6 Å². The van der Waals surface area contributed by atoms with Gasteiger partial charge in [-0.25, -0.2) is 0 Å². The van der Waals surface area contributed by atoms with E-state index in [4.69, 9.17) is 0 Å². The summed E-state index contributed by atoms with van der Waals surface area (Å²) in [5.74, 6) is -0.433. The van der Waals surface area contributed by atoms with Gasteiger partial charge in [0.15, 0.2) is 0 Å². The van der Waals surface area contributed by atoms with Gasteiger partial charge in [0.2, 0.25) is 5.91 Å². The second-order valence-electron chi connectivity index (χ2n) is 5.83. The van der Waals surface area contributed by atoms with Crippen LogP contribution in [0.15, 0.2) is 18.2 Å². The zero-order valence-corrected chi connectivity index (χ0v) is 15.0. The van der Waals surface area contributed by atoms with Crippen molar-refractivity contribution in [2.75, 3.05) is 11.9 Å². The Morgan fingerprint density at radius 3 is 2.13 bits per heavy atom. The van der Waals surface area contributed by atoms with Gasteiger partial charge >= 0.3 is 0 Å². The fourth-order valence-corrected chi connectivity index (χ4v) is 3.59. The fraction of sp³-hybridized carbons (Fsp3) is 0.333. The highest BCUT2D eigenvalue weighted by Crippen LogP contribution is 2.22. The van der Waals surface area contributed by atoms with Crippen LogP contribution in [-0.2, 0) is 4.79 Å². The Morgan fingerprint density at radius 2 is 1.61 bits per heavy atom. The Kier molecular flexibility index (Phi) is 5.21. The SMILES string of the molecule is Cc1cc(C)c(NC(=O)CNC(=O)c2cc(C)sc2C)c(C)c1. The highest BCUT2D eigenvalue weighted by atomic mass is 32.1. The van der Waals surface area contributed by atoms with E-state index in [1.54, 1.807) is 11.3 Å². The van der Waals surface area contributed by atoms with E-state index in [1.165, 1.54) is 0 Å². The van der Waals surface area contributed by atoms with Gasteiger partial charge in [-0.3, -0.25) is 9.59 Å². The summed E-state index contributed by atoms with van der Waals surface area (Å²) in [6, 6.07) is 5.90. The maximum Gasteiger partial charge on any atom is 0.252 e. The first-order valence-corrected chi connectivity index (χ1v) is 8.32. The molecule has 0 aliphatic carbocycles. The molecule has 0 fully saturated rings. The molecule has 122 valence electrons. The first-order valence-electron chi connectivity index (χ1n) is 7.51. The highest BCUT2D eigenvalue weighted by molar-refractivity contribution is 7.12. The van der Waals surface area contributed by atoms with Crippen LogP contribution in [0, 0.1) is 34.6 Å². The van der Waals surface area contributed by atoms with Crippen LogP contribution in [0.25, 0.3) is 0 Å². The Bertz CT molecular complexity index is 739. The summed E-state index contributed by atoms with van der Waals surface area (Å²) in [6.45, 7) is 9.78. The highest BCUT2D eigenvalue weighted by Gasteiger charge is 2.14. The van der Waals surface area contributed by atoms with E-state index in [0.29, 0.717) is 5.56 Å². The van der Waals surface area contributed by atoms with Gasteiger partial charge in [0.1, 0.15) is 0 Å².